The number of nitrogens with one attached hydrogen (secondary N) is 1. The minimum Gasteiger partial charge on any atom is -0.338 e. The summed E-state index contributed by atoms with van der Waals surface area (Å²) in [4.78, 5) is 25.9. The van der Waals surface area contributed by atoms with E-state index in [1.54, 1.807) is 29.7 Å². The highest BCUT2D eigenvalue weighted by atomic mass is 79.9. The van der Waals surface area contributed by atoms with Crippen LogP contribution in [0, 0.1) is 0 Å². The van der Waals surface area contributed by atoms with Gasteiger partial charge in [0.15, 0.2) is 0 Å². The molecule has 0 saturated carbocycles. The molecule has 3 heterocycles. The van der Waals surface area contributed by atoms with Crippen molar-refractivity contribution in [3.8, 4) is 0 Å². The van der Waals surface area contributed by atoms with Crippen LogP contribution in [-0.4, -0.2) is 27.4 Å². The van der Waals surface area contributed by atoms with Gasteiger partial charge in [0, 0.05) is 13.0 Å². The maximum atomic E-state index is 11.7. The summed E-state index contributed by atoms with van der Waals surface area (Å²) in [5, 5.41) is 3.11. The Balaban J connectivity index is 1.80. The molecule has 1 aliphatic rings. The van der Waals surface area contributed by atoms with E-state index in [0.29, 0.717) is 16.8 Å². The van der Waals surface area contributed by atoms with E-state index in [2.05, 4.69) is 36.2 Å². The largest absolute Gasteiger partial charge is 0.338 e. The van der Waals surface area contributed by atoms with Gasteiger partial charge in [0.25, 0.3) is 0 Å². The van der Waals surface area contributed by atoms with E-state index in [9.17, 15) is 4.79 Å². The van der Waals surface area contributed by atoms with Gasteiger partial charge in [-0.2, -0.15) is 0 Å². The molecule has 7 heteroatoms. The lowest BCUT2D eigenvalue weighted by Crippen LogP contribution is -2.23. The second-order valence-corrected chi connectivity index (χ2v) is 5.24. The predicted octanol–water partition coefficient (Wildman–Crippen LogP) is 2.50. The average Bonchev–Trinajstić information content (AvgIpc) is 2.88. The third-order valence-corrected chi connectivity index (χ3v) is 3.41. The van der Waals surface area contributed by atoms with E-state index in [1.165, 1.54) is 0 Å². The van der Waals surface area contributed by atoms with Crippen molar-refractivity contribution in [1.29, 1.82) is 0 Å². The SMILES string of the molecule is O=C1CCCN1c1cncc(Nc2cnc(Br)cn2)c1. The molecule has 1 aliphatic heterocycles. The van der Waals surface area contributed by atoms with Crippen LogP contribution >= 0.6 is 15.9 Å². The highest BCUT2D eigenvalue weighted by Crippen LogP contribution is 2.24. The summed E-state index contributed by atoms with van der Waals surface area (Å²) in [6, 6.07) is 1.89. The van der Waals surface area contributed by atoms with Crippen LogP contribution in [0.4, 0.5) is 17.2 Å². The second kappa shape index (κ2) is 5.54. The Morgan fingerprint density at radius 1 is 1.20 bits per heavy atom. The van der Waals surface area contributed by atoms with Crippen LogP contribution in [-0.2, 0) is 4.79 Å². The smallest absolute Gasteiger partial charge is 0.227 e. The van der Waals surface area contributed by atoms with Gasteiger partial charge in [-0.05, 0) is 28.4 Å². The number of anilines is 3. The first-order chi connectivity index (χ1) is 9.72. The van der Waals surface area contributed by atoms with E-state index in [1.807, 2.05) is 6.07 Å². The Morgan fingerprint density at radius 2 is 2.10 bits per heavy atom. The van der Waals surface area contributed by atoms with E-state index in [-0.39, 0.29) is 5.91 Å². The van der Waals surface area contributed by atoms with E-state index in [4.69, 9.17) is 0 Å². The molecule has 3 rings (SSSR count). The topological polar surface area (TPSA) is 71.0 Å². The van der Waals surface area contributed by atoms with Crippen LogP contribution in [0.2, 0.25) is 0 Å². The number of hydrogen-bond donors (Lipinski definition) is 1. The van der Waals surface area contributed by atoms with Crippen molar-refractivity contribution in [2.75, 3.05) is 16.8 Å². The number of amides is 1. The molecule has 1 fully saturated rings. The molecule has 1 amide bonds. The lowest BCUT2D eigenvalue weighted by atomic mass is 10.3. The first-order valence-corrected chi connectivity index (χ1v) is 7.02. The molecule has 0 atom stereocenters. The van der Waals surface area contributed by atoms with Crippen LogP contribution in [0.1, 0.15) is 12.8 Å². The Kier molecular flexibility index (Phi) is 3.60. The Hall–Kier alpha value is -2.02. The summed E-state index contributed by atoms with van der Waals surface area (Å²) in [5.74, 6) is 0.771. The third kappa shape index (κ3) is 2.77. The zero-order chi connectivity index (χ0) is 13.9. The van der Waals surface area contributed by atoms with Crippen LogP contribution in [0.3, 0.4) is 0 Å². The molecule has 102 valence electrons. The first kappa shape index (κ1) is 13.0. The Bertz CT molecular complexity index is 631. The summed E-state index contributed by atoms with van der Waals surface area (Å²) in [6.07, 6.45) is 8.13. The second-order valence-electron chi connectivity index (χ2n) is 4.43. The fourth-order valence-electron chi connectivity index (χ4n) is 2.09. The lowest BCUT2D eigenvalue weighted by Gasteiger charge is -2.16. The molecular weight excluding hydrogens is 322 g/mol. The Morgan fingerprint density at radius 3 is 2.80 bits per heavy atom. The summed E-state index contributed by atoms with van der Waals surface area (Å²) in [5.41, 5.74) is 1.58. The van der Waals surface area contributed by atoms with Crippen LogP contribution in [0.5, 0.6) is 0 Å². The van der Waals surface area contributed by atoms with Gasteiger partial charge in [0.2, 0.25) is 5.91 Å². The van der Waals surface area contributed by atoms with Crippen LogP contribution in [0.25, 0.3) is 0 Å². The van der Waals surface area contributed by atoms with Crippen LogP contribution < -0.4 is 10.2 Å². The standard InChI is InChI=1S/C13H12BrN5O/c14-11-7-17-12(8-16-11)18-9-4-10(6-15-5-9)19-3-1-2-13(19)20/h4-8H,1-3H2,(H,17,18). The van der Waals surface area contributed by atoms with Crippen molar-refractivity contribution in [2.24, 2.45) is 0 Å². The highest BCUT2D eigenvalue weighted by molar-refractivity contribution is 9.10. The quantitative estimate of drug-likeness (QED) is 0.934. The van der Waals surface area contributed by atoms with Crippen molar-refractivity contribution >= 4 is 39.0 Å². The molecule has 2 aromatic rings. The fourth-order valence-corrected chi connectivity index (χ4v) is 2.29. The molecule has 0 spiro atoms. The zero-order valence-electron chi connectivity index (χ0n) is 10.6. The van der Waals surface area contributed by atoms with Crippen LogP contribution in [0.15, 0.2) is 35.5 Å². The van der Waals surface area contributed by atoms with Gasteiger partial charge in [-0.25, -0.2) is 9.97 Å². The molecule has 1 N–H and O–H groups in total. The number of carbonyl (C=O) groups is 1. The summed E-state index contributed by atoms with van der Waals surface area (Å²) in [7, 11) is 0. The van der Waals surface area contributed by atoms with Crippen molar-refractivity contribution in [3.63, 3.8) is 0 Å². The summed E-state index contributed by atoms with van der Waals surface area (Å²) < 4.78 is 0.678. The normalized spacial score (nSPS) is 14.7. The molecule has 20 heavy (non-hydrogen) atoms. The first-order valence-electron chi connectivity index (χ1n) is 6.22. The molecular formula is C13H12BrN5O. The molecule has 0 aromatic carbocycles. The number of aromatic nitrogens is 3. The number of halogens is 1. The molecule has 2 aromatic heterocycles. The summed E-state index contributed by atoms with van der Waals surface area (Å²) in [6.45, 7) is 0.752. The van der Waals surface area contributed by atoms with Gasteiger partial charge < -0.3 is 10.2 Å². The molecule has 0 aliphatic carbocycles. The maximum Gasteiger partial charge on any atom is 0.227 e. The van der Waals surface area contributed by atoms with Gasteiger partial charge in [-0.1, -0.05) is 0 Å². The van der Waals surface area contributed by atoms with E-state index in [0.717, 1.165) is 24.3 Å². The number of carbonyl (C=O) groups excluding carboxylic acids is 1. The molecule has 6 nitrogen and oxygen atoms in total. The van der Waals surface area contributed by atoms with Gasteiger partial charge in [0.1, 0.15) is 10.4 Å². The number of rotatable bonds is 3. The van der Waals surface area contributed by atoms with Crippen molar-refractivity contribution < 1.29 is 4.79 Å². The van der Waals surface area contributed by atoms with Crippen molar-refractivity contribution in [1.82, 2.24) is 15.0 Å². The maximum absolute atomic E-state index is 11.7. The highest BCUT2D eigenvalue weighted by Gasteiger charge is 2.22. The zero-order valence-corrected chi connectivity index (χ0v) is 12.2. The monoisotopic (exact) mass is 333 g/mol. The number of nitrogens with zero attached hydrogens (tertiary/aromatic N) is 4. The van der Waals surface area contributed by atoms with E-state index < -0.39 is 0 Å². The van der Waals surface area contributed by atoms with Gasteiger partial charge >= 0.3 is 0 Å². The van der Waals surface area contributed by atoms with Gasteiger partial charge in [-0.15, -0.1) is 0 Å². The molecule has 0 radical (unpaired) electrons. The number of hydrogen-bond acceptors (Lipinski definition) is 5. The molecule has 1 saturated heterocycles. The number of pyridine rings is 1. The molecule has 0 bridgehead atoms. The average molecular weight is 334 g/mol. The van der Waals surface area contributed by atoms with E-state index >= 15 is 0 Å². The summed E-state index contributed by atoms with van der Waals surface area (Å²) >= 11 is 3.24. The van der Waals surface area contributed by atoms with Gasteiger partial charge in [-0.3, -0.25) is 9.78 Å². The third-order valence-electron chi connectivity index (χ3n) is 3.00. The molecule has 0 unspecified atom stereocenters. The minimum atomic E-state index is 0.146. The van der Waals surface area contributed by atoms with Crippen molar-refractivity contribution in [3.05, 3.63) is 35.5 Å². The lowest BCUT2D eigenvalue weighted by molar-refractivity contribution is -0.117. The van der Waals surface area contributed by atoms with Gasteiger partial charge in [0.05, 0.1) is 36.2 Å². The van der Waals surface area contributed by atoms with Crippen molar-refractivity contribution in [2.45, 2.75) is 12.8 Å². The predicted molar refractivity (Wildman–Crippen MR) is 78.8 cm³/mol. The Labute approximate surface area is 124 Å². The minimum absolute atomic E-state index is 0.146. The fraction of sp³-hybridized carbons (Fsp3) is 0.231.